The predicted octanol–water partition coefficient (Wildman–Crippen LogP) is 3.37. The summed E-state index contributed by atoms with van der Waals surface area (Å²) in [6, 6.07) is 6.79. The van der Waals surface area contributed by atoms with Crippen LogP contribution in [0.3, 0.4) is 0 Å². The van der Waals surface area contributed by atoms with Crippen LogP contribution in [0.1, 0.15) is 50.9 Å². The second kappa shape index (κ2) is 7.90. The molecule has 0 aliphatic heterocycles. The van der Waals surface area contributed by atoms with Crippen molar-refractivity contribution in [2.24, 2.45) is 17.6 Å². The van der Waals surface area contributed by atoms with Gasteiger partial charge in [-0.2, -0.15) is 0 Å². The van der Waals surface area contributed by atoms with Crippen molar-refractivity contribution >= 4 is 0 Å². The summed E-state index contributed by atoms with van der Waals surface area (Å²) in [6.07, 6.45) is 5.42. The minimum Gasteiger partial charge on any atom is -0.329 e. The number of aromatic nitrogens is 1. The van der Waals surface area contributed by atoms with Gasteiger partial charge in [-0.25, -0.2) is 0 Å². The Morgan fingerprint density at radius 1 is 1.38 bits per heavy atom. The number of hydrogen-bond donors (Lipinski definition) is 1. The quantitative estimate of drug-likeness (QED) is 0.873. The lowest BCUT2D eigenvalue weighted by Crippen LogP contribution is -2.46. The minimum absolute atomic E-state index is 0.500. The molecular weight excluding hydrogens is 258 g/mol. The maximum atomic E-state index is 6.15. The normalized spacial score (nSPS) is 24.2. The fourth-order valence-corrected chi connectivity index (χ4v) is 3.83. The highest BCUT2D eigenvalue weighted by atomic mass is 15.2. The highest BCUT2D eigenvalue weighted by Crippen LogP contribution is 2.32. The molecule has 1 aromatic heterocycles. The van der Waals surface area contributed by atoms with Crippen LogP contribution in [0.2, 0.25) is 0 Å². The average Bonchev–Trinajstić information content (AvgIpc) is 2.47. The van der Waals surface area contributed by atoms with E-state index in [1.807, 2.05) is 0 Å². The van der Waals surface area contributed by atoms with Crippen LogP contribution in [0.4, 0.5) is 0 Å². The van der Waals surface area contributed by atoms with Gasteiger partial charge in [0, 0.05) is 24.8 Å². The van der Waals surface area contributed by atoms with Gasteiger partial charge in [-0.05, 0) is 50.3 Å². The molecule has 1 aliphatic carbocycles. The second-order valence-electron chi connectivity index (χ2n) is 6.67. The Morgan fingerprint density at radius 3 is 2.81 bits per heavy atom. The highest BCUT2D eigenvalue weighted by molar-refractivity contribution is 5.10. The molecule has 0 saturated heterocycles. The van der Waals surface area contributed by atoms with Crippen LogP contribution in [-0.4, -0.2) is 29.0 Å². The van der Waals surface area contributed by atoms with E-state index in [2.05, 4.69) is 48.9 Å². The molecule has 0 aromatic carbocycles. The van der Waals surface area contributed by atoms with Gasteiger partial charge in [-0.1, -0.05) is 32.8 Å². The Kier molecular flexibility index (Phi) is 6.19. The first-order valence-electron chi connectivity index (χ1n) is 8.50. The number of likely N-dealkylation sites (N-methyl/N-ethyl adjacent to an activating group) is 1. The van der Waals surface area contributed by atoms with Crippen LogP contribution in [0.5, 0.6) is 0 Å². The number of rotatable bonds is 6. The highest BCUT2D eigenvalue weighted by Gasteiger charge is 2.29. The molecule has 3 heteroatoms. The van der Waals surface area contributed by atoms with Crippen LogP contribution in [-0.2, 0) is 6.54 Å². The van der Waals surface area contributed by atoms with Crippen molar-refractivity contribution < 1.29 is 0 Å². The van der Waals surface area contributed by atoms with Crippen molar-refractivity contribution in [1.82, 2.24) is 9.88 Å². The molecule has 3 nitrogen and oxygen atoms in total. The van der Waals surface area contributed by atoms with E-state index in [4.69, 9.17) is 5.73 Å². The predicted molar refractivity (Wildman–Crippen MR) is 89.0 cm³/mol. The Hall–Kier alpha value is -0.930. The Morgan fingerprint density at radius 2 is 2.19 bits per heavy atom. The number of pyridine rings is 1. The molecule has 1 saturated carbocycles. The van der Waals surface area contributed by atoms with Crippen LogP contribution in [0.25, 0.3) is 0 Å². The van der Waals surface area contributed by atoms with E-state index in [1.54, 1.807) is 0 Å². The minimum atomic E-state index is 0.500. The smallest absolute Gasteiger partial charge is 0.0547 e. The molecule has 3 unspecified atom stereocenters. The molecule has 2 N–H and O–H groups in total. The first kappa shape index (κ1) is 16.4. The van der Waals surface area contributed by atoms with Gasteiger partial charge in [0.2, 0.25) is 0 Å². The summed E-state index contributed by atoms with van der Waals surface area (Å²) < 4.78 is 0. The number of aryl methyl sites for hydroxylation is 1. The third-order valence-corrected chi connectivity index (χ3v) is 4.95. The summed E-state index contributed by atoms with van der Waals surface area (Å²) in [6.45, 7) is 9.41. The van der Waals surface area contributed by atoms with Crippen molar-refractivity contribution in [2.45, 2.75) is 59.0 Å². The lowest BCUT2D eigenvalue weighted by molar-refractivity contribution is 0.105. The van der Waals surface area contributed by atoms with Gasteiger partial charge in [-0.15, -0.1) is 0 Å². The molecule has 118 valence electrons. The van der Waals surface area contributed by atoms with Gasteiger partial charge in [0.25, 0.3) is 0 Å². The lowest BCUT2D eigenvalue weighted by atomic mass is 9.78. The Bertz CT molecular complexity index is 432. The van der Waals surface area contributed by atoms with Gasteiger partial charge < -0.3 is 5.73 Å². The molecule has 0 radical (unpaired) electrons. The Labute approximate surface area is 129 Å². The summed E-state index contributed by atoms with van der Waals surface area (Å²) >= 11 is 0. The molecule has 1 aromatic rings. The van der Waals surface area contributed by atoms with Crippen molar-refractivity contribution in [1.29, 1.82) is 0 Å². The fourth-order valence-electron chi connectivity index (χ4n) is 3.83. The van der Waals surface area contributed by atoms with Gasteiger partial charge in [-0.3, -0.25) is 9.88 Å². The van der Waals surface area contributed by atoms with Crippen LogP contribution in [0, 0.1) is 18.8 Å². The summed E-state index contributed by atoms with van der Waals surface area (Å²) in [4.78, 5) is 7.19. The van der Waals surface area contributed by atoms with Crippen LogP contribution < -0.4 is 5.73 Å². The van der Waals surface area contributed by atoms with E-state index in [-0.39, 0.29) is 0 Å². The number of nitrogens with zero attached hydrogens (tertiary/aromatic N) is 2. The van der Waals surface area contributed by atoms with E-state index in [9.17, 15) is 0 Å². The molecular formula is C18H31N3. The van der Waals surface area contributed by atoms with Crippen molar-refractivity contribution in [3.8, 4) is 0 Å². The second-order valence-corrected chi connectivity index (χ2v) is 6.67. The zero-order valence-electron chi connectivity index (χ0n) is 13.9. The van der Waals surface area contributed by atoms with E-state index in [0.717, 1.165) is 37.2 Å². The number of hydrogen-bond acceptors (Lipinski definition) is 3. The van der Waals surface area contributed by atoms with E-state index in [1.165, 1.54) is 31.4 Å². The Balaban J connectivity index is 2.06. The van der Waals surface area contributed by atoms with Gasteiger partial charge >= 0.3 is 0 Å². The van der Waals surface area contributed by atoms with E-state index in [0.29, 0.717) is 6.04 Å². The molecule has 2 rings (SSSR count). The third kappa shape index (κ3) is 4.52. The van der Waals surface area contributed by atoms with Crippen molar-refractivity contribution in [3.05, 3.63) is 29.6 Å². The molecule has 0 amide bonds. The molecule has 1 heterocycles. The monoisotopic (exact) mass is 289 g/mol. The molecule has 1 fully saturated rings. The standard InChI is InChI=1S/C18H31N3/c1-4-21(13-17-10-6-8-15(3)20-17)18(12-19)16-9-5-7-14(2)11-16/h6,8,10,14,16,18H,4-5,7,9,11-13,19H2,1-3H3. The number of nitrogens with two attached hydrogens (primary N) is 1. The van der Waals surface area contributed by atoms with E-state index < -0.39 is 0 Å². The maximum absolute atomic E-state index is 6.15. The molecule has 0 spiro atoms. The first-order valence-corrected chi connectivity index (χ1v) is 8.50. The molecule has 21 heavy (non-hydrogen) atoms. The maximum Gasteiger partial charge on any atom is 0.0547 e. The molecule has 0 bridgehead atoms. The van der Waals surface area contributed by atoms with Crippen molar-refractivity contribution in [3.63, 3.8) is 0 Å². The lowest BCUT2D eigenvalue weighted by Gasteiger charge is -2.39. The van der Waals surface area contributed by atoms with Crippen molar-refractivity contribution in [2.75, 3.05) is 13.1 Å². The summed E-state index contributed by atoms with van der Waals surface area (Å²) in [5.74, 6) is 1.61. The zero-order chi connectivity index (χ0) is 15.2. The fraction of sp³-hybridized carbons (Fsp3) is 0.722. The van der Waals surface area contributed by atoms with E-state index >= 15 is 0 Å². The zero-order valence-corrected chi connectivity index (χ0v) is 13.9. The largest absolute Gasteiger partial charge is 0.329 e. The topological polar surface area (TPSA) is 42.2 Å². The molecule has 1 aliphatic rings. The first-order chi connectivity index (χ1) is 10.1. The van der Waals surface area contributed by atoms with Crippen LogP contribution in [0.15, 0.2) is 18.2 Å². The SMILES string of the molecule is CCN(Cc1cccc(C)n1)C(CN)C1CCCC(C)C1. The summed E-state index contributed by atoms with van der Waals surface area (Å²) in [7, 11) is 0. The van der Waals surface area contributed by atoms with Crippen LogP contribution >= 0.6 is 0 Å². The van der Waals surface area contributed by atoms with Gasteiger partial charge in [0.05, 0.1) is 5.69 Å². The molecule has 3 atom stereocenters. The summed E-state index contributed by atoms with van der Waals surface area (Å²) in [5.41, 5.74) is 8.41. The van der Waals surface area contributed by atoms with Gasteiger partial charge in [0.15, 0.2) is 0 Å². The average molecular weight is 289 g/mol. The van der Waals surface area contributed by atoms with Gasteiger partial charge in [0.1, 0.15) is 0 Å². The third-order valence-electron chi connectivity index (χ3n) is 4.95. The summed E-state index contributed by atoms with van der Waals surface area (Å²) in [5, 5.41) is 0.